The third-order valence-corrected chi connectivity index (χ3v) is 3.51. The summed E-state index contributed by atoms with van der Waals surface area (Å²) >= 11 is 0. The molecule has 0 aliphatic carbocycles. The average molecular weight is 227 g/mol. The van der Waals surface area contributed by atoms with E-state index in [0.717, 1.165) is 19.0 Å². The lowest BCUT2D eigenvalue weighted by Gasteiger charge is -2.31. The number of carbonyl (C=O) groups is 1. The maximum atomic E-state index is 11.3. The van der Waals surface area contributed by atoms with E-state index in [1.165, 1.54) is 25.9 Å². The molecular formula is C12H25N3O. The van der Waals surface area contributed by atoms with E-state index in [2.05, 4.69) is 22.5 Å². The maximum absolute atomic E-state index is 11.3. The van der Waals surface area contributed by atoms with Crippen molar-refractivity contribution in [2.45, 2.75) is 32.7 Å². The first kappa shape index (κ1) is 13.5. The highest BCUT2D eigenvalue weighted by atomic mass is 16.2. The minimum atomic E-state index is -0.0748. The van der Waals surface area contributed by atoms with Crippen LogP contribution in [-0.4, -0.2) is 50.1 Å². The monoisotopic (exact) mass is 227 g/mol. The lowest BCUT2D eigenvalue weighted by molar-refractivity contribution is -0.122. The number of nitrogens with zero attached hydrogens (tertiary/aromatic N) is 1. The molecule has 0 saturated carbocycles. The molecule has 4 heteroatoms. The molecule has 4 nitrogen and oxygen atoms in total. The average Bonchev–Trinajstić information content (AvgIpc) is 2.35. The van der Waals surface area contributed by atoms with Gasteiger partial charge in [0.1, 0.15) is 0 Å². The molecule has 1 atom stereocenters. The second kappa shape index (κ2) is 6.86. The molecule has 0 radical (unpaired) electrons. The standard InChI is InChI=1S/C12H25N3O/c1-4-15-7-5-11(6-8-15)9-14-10(2)12(16)13-3/h10-11,14H,4-9H2,1-3H3,(H,13,16). The zero-order valence-corrected chi connectivity index (χ0v) is 10.8. The first-order chi connectivity index (χ1) is 7.67. The van der Waals surface area contributed by atoms with Gasteiger partial charge in [-0.05, 0) is 51.9 Å². The fourth-order valence-electron chi connectivity index (χ4n) is 2.16. The van der Waals surface area contributed by atoms with Crippen LogP contribution in [0.2, 0.25) is 0 Å². The zero-order chi connectivity index (χ0) is 12.0. The van der Waals surface area contributed by atoms with E-state index >= 15 is 0 Å². The SMILES string of the molecule is CCN1CCC(CNC(C)C(=O)NC)CC1. The van der Waals surface area contributed by atoms with Crippen molar-refractivity contribution in [3.63, 3.8) is 0 Å². The van der Waals surface area contributed by atoms with Crippen molar-refractivity contribution in [1.29, 1.82) is 0 Å². The summed E-state index contributed by atoms with van der Waals surface area (Å²) in [7, 11) is 1.68. The van der Waals surface area contributed by atoms with Gasteiger partial charge in [-0.25, -0.2) is 0 Å². The van der Waals surface area contributed by atoms with Gasteiger partial charge in [0.2, 0.25) is 5.91 Å². The molecule has 1 saturated heterocycles. The van der Waals surface area contributed by atoms with E-state index < -0.39 is 0 Å². The summed E-state index contributed by atoms with van der Waals surface area (Å²) < 4.78 is 0. The Morgan fingerprint density at radius 1 is 1.44 bits per heavy atom. The number of hydrogen-bond acceptors (Lipinski definition) is 3. The van der Waals surface area contributed by atoms with Crippen molar-refractivity contribution in [1.82, 2.24) is 15.5 Å². The molecular weight excluding hydrogens is 202 g/mol. The van der Waals surface area contributed by atoms with Gasteiger partial charge in [0.15, 0.2) is 0 Å². The maximum Gasteiger partial charge on any atom is 0.236 e. The van der Waals surface area contributed by atoms with Gasteiger partial charge in [-0.3, -0.25) is 4.79 Å². The summed E-state index contributed by atoms with van der Waals surface area (Å²) in [4.78, 5) is 13.8. The van der Waals surface area contributed by atoms with E-state index in [1.54, 1.807) is 7.05 Å². The summed E-state index contributed by atoms with van der Waals surface area (Å²) in [5.74, 6) is 0.806. The second-order valence-electron chi connectivity index (χ2n) is 4.62. The minimum Gasteiger partial charge on any atom is -0.358 e. The summed E-state index contributed by atoms with van der Waals surface area (Å²) in [5, 5.41) is 5.96. The van der Waals surface area contributed by atoms with Crippen LogP contribution in [0.3, 0.4) is 0 Å². The summed E-state index contributed by atoms with van der Waals surface area (Å²) in [6.45, 7) is 8.67. The fourth-order valence-corrected chi connectivity index (χ4v) is 2.16. The molecule has 2 N–H and O–H groups in total. The Hall–Kier alpha value is -0.610. The molecule has 1 aliphatic rings. The highest BCUT2D eigenvalue weighted by molar-refractivity contribution is 5.80. The van der Waals surface area contributed by atoms with Crippen molar-refractivity contribution in [2.75, 3.05) is 33.2 Å². The van der Waals surface area contributed by atoms with Gasteiger partial charge in [-0.2, -0.15) is 0 Å². The van der Waals surface area contributed by atoms with Crippen LogP contribution >= 0.6 is 0 Å². The zero-order valence-electron chi connectivity index (χ0n) is 10.8. The Kier molecular flexibility index (Phi) is 5.77. The lowest BCUT2D eigenvalue weighted by Crippen LogP contribution is -2.44. The number of rotatable bonds is 5. The van der Waals surface area contributed by atoms with Crippen molar-refractivity contribution < 1.29 is 4.79 Å². The predicted molar refractivity (Wildman–Crippen MR) is 66.4 cm³/mol. The van der Waals surface area contributed by atoms with Crippen molar-refractivity contribution >= 4 is 5.91 Å². The van der Waals surface area contributed by atoms with Gasteiger partial charge in [-0.1, -0.05) is 6.92 Å². The molecule has 0 aromatic carbocycles. The number of amides is 1. The number of carbonyl (C=O) groups excluding carboxylic acids is 1. The third-order valence-electron chi connectivity index (χ3n) is 3.51. The fraction of sp³-hybridized carbons (Fsp3) is 0.917. The molecule has 1 aliphatic heterocycles. The van der Waals surface area contributed by atoms with E-state index in [1.807, 2.05) is 6.92 Å². The molecule has 1 fully saturated rings. The van der Waals surface area contributed by atoms with Crippen LogP contribution in [0.4, 0.5) is 0 Å². The van der Waals surface area contributed by atoms with E-state index in [9.17, 15) is 4.79 Å². The third kappa shape index (κ3) is 4.10. The van der Waals surface area contributed by atoms with Crippen molar-refractivity contribution in [2.24, 2.45) is 5.92 Å². The molecule has 1 amide bonds. The molecule has 94 valence electrons. The number of piperidine rings is 1. The van der Waals surface area contributed by atoms with Gasteiger partial charge >= 0.3 is 0 Å². The van der Waals surface area contributed by atoms with Crippen LogP contribution in [0.15, 0.2) is 0 Å². The Labute approximate surface area is 98.8 Å². The number of hydrogen-bond donors (Lipinski definition) is 2. The minimum absolute atomic E-state index is 0.0748. The molecule has 1 rings (SSSR count). The summed E-state index contributed by atoms with van der Waals surface area (Å²) in [6, 6.07) is -0.0748. The van der Waals surface area contributed by atoms with Crippen LogP contribution in [0.5, 0.6) is 0 Å². The lowest BCUT2D eigenvalue weighted by atomic mass is 9.96. The molecule has 0 aromatic heterocycles. The van der Waals surface area contributed by atoms with Gasteiger partial charge in [-0.15, -0.1) is 0 Å². The van der Waals surface area contributed by atoms with Crippen LogP contribution in [0.25, 0.3) is 0 Å². The topological polar surface area (TPSA) is 44.4 Å². The molecule has 0 bridgehead atoms. The normalized spacial score (nSPS) is 20.7. The quantitative estimate of drug-likeness (QED) is 0.716. The predicted octanol–water partition coefficient (Wildman–Crippen LogP) is 0.442. The van der Waals surface area contributed by atoms with Crippen LogP contribution in [-0.2, 0) is 4.79 Å². The molecule has 16 heavy (non-hydrogen) atoms. The van der Waals surface area contributed by atoms with Crippen LogP contribution < -0.4 is 10.6 Å². The first-order valence-corrected chi connectivity index (χ1v) is 6.34. The van der Waals surface area contributed by atoms with Gasteiger partial charge in [0.25, 0.3) is 0 Å². The largest absolute Gasteiger partial charge is 0.358 e. The highest BCUT2D eigenvalue weighted by Crippen LogP contribution is 2.15. The van der Waals surface area contributed by atoms with Gasteiger partial charge in [0.05, 0.1) is 6.04 Å². The van der Waals surface area contributed by atoms with Crippen LogP contribution in [0, 0.1) is 5.92 Å². The number of likely N-dealkylation sites (tertiary alicyclic amines) is 1. The van der Waals surface area contributed by atoms with Crippen molar-refractivity contribution in [3.05, 3.63) is 0 Å². The van der Waals surface area contributed by atoms with E-state index in [4.69, 9.17) is 0 Å². The van der Waals surface area contributed by atoms with E-state index in [0.29, 0.717) is 0 Å². The Morgan fingerprint density at radius 3 is 2.56 bits per heavy atom. The van der Waals surface area contributed by atoms with Crippen LogP contribution in [0.1, 0.15) is 26.7 Å². The van der Waals surface area contributed by atoms with Gasteiger partial charge in [0, 0.05) is 7.05 Å². The summed E-state index contributed by atoms with van der Waals surface area (Å²) in [5.41, 5.74) is 0. The first-order valence-electron chi connectivity index (χ1n) is 6.34. The number of nitrogens with one attached hydrogen (secondary N) is 2. The van der Waals surface area contributed by atoms with Gasteiger partial charge < -0.3 is 15.5 Å². The van der Waals surface area contributed by atoms with Crippen molar-refractivity contribution in [3.8, 4) is 0 Å². The molecule has 0 aromatic rings. The molecule has 1 unspecified atom stereocenters. The highest BCUT2D eigenvalue weighted by Gasteiger charge is 2.19. The summed E-state index contributed by atoms with van der Waals surface area (Å²) in [6.07, 6.45) is 2.50. The Balaban J connectivity index is 2.17. The Morgan fingerprint density at radius 2 is 2.06 bits per heavy atom. The second-order valence-corrected chi connectivity index (χ2v) is 4.62. The molecule has 1 heterocycles. The molecule has 0 spiro atoms. The smallest absolute Gasteiger partial charge is 0.236 e. The Bertz CT molecular complexity index is 212. The number of likely N-dealkylation sites (N-methyl/N-ethyl adjacent to an activating group) is 1. The van der Waals surface area contributed by atoms with E-state index in [-0.39, 0.29) is 11.9 Å².